The summed E-state index contributed by atoms with van der Waals surface area (Å²) in [6, 6.07) is 7.31. The van der Waals surface area contributed by atoms with Crippen molar-refractivity contribution in [2.45, 2.75) is 13.5 Å². The zero-order chi connectivity index (χ0) is 19.4. The first-order valence-electron chi connectivity index (χ1n) is 8.08. The molecule has 1 heterocycles. The number of hydrogen-bond acceptors (Lipinski definition) is 4. The maximum atomic E-state index is 14.4. The maximum Gasteiger partial charge on any atom is 0.270 e. The predicted octanol–water partition coefficient (Wildman–Crippen LogP) is 4.56. The van der Waals surface area contributed by atoms with Crippen molar-refractivity contribution >= 4 is 17.2 Å². The average Bonchev–Trinajstić information content (AvgIpc) is 3.11. The Morgan fingerprint density at radius 2 is 1.96 bits per heavy atom. The quantitative estimate of drug-likeness (QED) is 0.669. The fraction of sp³-hybridized carbons (Fsp3) is 0.158. The Bertz CT molecular complexity index is 975. The molecule has 2 aromatic carbocycles. The van der Waals surface area contributed by atoms with Gasteiger partial charge in [-0.05, 0) is 31.2 Å². The third-order valence-corrected chi connectivity index (χ3v) is 4.53. The fourth-order valence-electron chi connectivity index (χ4n) is 2.31. The Morgan fingerprint density at radius 3 is 2.67 bits per heavy atom. The Balaban J connectivity index is 1.73. The number of nitrogens with zero attached hydrogens (tertiary/aromatic N) is 1. The number of ether oxygens (including phenoxy) is 1. The molecule has 1 aromatic heterocycles. The Labute approximate surface area is 157 Å². The van der Waals surface area contributed by atoms with E-state index in [1.54, 1.807) is 12.3 Å². The summed E-state index contributed by atoms with van der Waals surface area (Å²) in [7, 11) is 0. The van der Waals surface area contributed by atoms with E-state index in [2.05, 4.69) is 10.3 Å². The van der Waals surface area contributed by atoms with Gasteiger partial charge in [-0.25, -0.2) is 18.2 Å². The largest absolute Gasteiger partial charge is 0.489 e. The van der Waals surface area contributed by atoms with Crippen LogP contribution in [0, 0.1) is 17.5 Å². The van der Waals surface area contributed by atoms with Gasteiger partial charge >= 0.3 is 0 Å². The van der Waals surface area contributed by atoms with Gasteiger partial charge in [-0.1, -0.05) is 0 Å². The number of nitrogens with one attached hydrogen (secondary N) is 1. The molecule has 27 heavy (non-hydrogen) atoms. The summed E-state index contributed by atoms with van der Waals surface area (Å²) in [5.41, 5.74) is 0.617. The van der Waals surface area contributed by atoms with Gasteiger partial charge in [0.05, 0.1) is 0 Å². The number of thiazole rings is 1. The highest BCUT2D eigenvalue weighted by atomic mass is 32.1. The summed E-state index contributed by atoms with van der Waals surface area (Å²) in [5, 5.41) is 4.55. The minimum absolute atomic E-state index is 0.160. The molecule has 140 valence electrons. The number of hydrogen-bond donors (Lipinski definition) is 1. The Kier molecular flexibility index (Phi) is 5.75. The van der Waals surface area contributed by atoms with Gasteiger partial charge in [-0.2, -0.15) is 0 Å². The number of rotatable bonds is 6. The molecule has 3 aromatic rings. The predicted molar refractivity (Wildman–Crippen MR) is 96.2 cm³/mol. The van der Waals surface area contributed by atoms with E-state index in [1.165, 1.54) is 18.2 Å². The first kappa shape index (κ1) is 18.9. The molecule has 0 saturated heterocycles. The highest BCUT2D eigenvalue weighted by molar-refractivity contribution is 7.13. The van der Waals surface area contributed by atoms with Crippen molar-refractivity contribution in [1.82, 2.24) is 10.3 Å². The maximum absolute atomic E-state index is 14.4. The third kappa shape index (κ3) is 4.46. The normalized spacial score (nSPS) is 10.7. The molecule has 0 spiro atoms. The van der Waals surface area contributed by atoms with Crippen molar-refractivity contribution in [2.24, 2.45) is 0 Å². The zero-order valence-corrected chi connectivity index (χ0v) is 15.1. The van der Waals surface area contributed by atoms with Gasteiger partial charge in [0.15, 0.2) is 0 Å². The van der Waals surface area contributed by atoms with E-state index < -0.39 is 17.5 Å². The SMILES string of the molecule is CCNC(=O)c1csc(-c2ccc(OCc3ccc(F)cc3F)cc2F)n1. The third-order valence-electron chi connectivity index (χ3n) is 3.65. The number of aromatic nitrogens is 1. The number of halogens is 3. The van der Waals surface area contributed by atoms with Crippen LogP contribution in [0.3, 0.4) is 0 Å². The van der Waals surface area contributed by atoms with Crippen LogP contribution in [-0.4, -0.2) is 17.4 Å². The number of amides is 1. The monoisotopic (exact) mass is 392 g/mol. The van der Waals surface area contributed by atoms with Crippen molar-refractivity contribution in [3.63, 3.8) is 0 Å². The second-order valence-electron chi connectivity index (χ2n) is 5.56. The van der Waals surface area contributed by atoms with Crippen molar-refractivity contribution in [3.05, 3.63) is 70.5 Å². The van der Waals surface area contributed by atoms with Crippen LogP contribution in [0.5, 0.6) is 5.75 Å². The highest BCUT2D eigenvalue weighted by Gasteiger charge is 2.15. The van der Waals surface area contributed by atoms with Gasteiger partial charge in [-0.15, -0.1) is 11.3 Å². The molecule has 0 fully saturated rings. The number of carbonyl (C=O) groups is 1. The van der Waals surface area contributed by atoms with Gasteiger partial charge in [-0.3, -0.25) is 4.79 Å². The van der Waals surface area contributed by atoms with Crippen LogP contribution in [0.2, 0.25) is 0 Å². The molecule has 0 atom stereocenters. The Morgan fingerprint density at radius 1 is 1.15 bits per heavy atom. The molecule has 1 N–H and O–H groups in total. The van der Waals surface area contributed by atoms with Crippen LogP contribution in [0.1, 0.15) is 23.0 Å². The Hall–Kier alpha value is -2.87. The molecule has 0 aliphatic heterocycles. The molecule has 0 saturated carbocycles. The van der Waals surface area contributed by atoms with Crippen LogP contribution in [0.25, 0.3) is 10.6 Å². The van der Waals surface area contributed by atoms with Gasteiger partial charge in [0.25, 0.3) is 5.91 Å². The lowest BCUT2D eigenvalue weighted by atomic mass is 10.2. The van der Waals surface area contributed by atoms with Crippen LogP contribution in [0.4, 0.5) is 13.2 Å². The molecular weight excluding hydrogens is 377 g/mol. The van der Waals surface area contributed by atoms with E-state index in [-0.39, 0.29) is 35.1 Å². The van der Waals surface area contributed by atoms with E-state index in [0.29, 0.717) is 11.6 Å². The van der Waals surface area contributed by atoms with Crippen molar-refractivity contribution in [1.29, 1.82) is 0 Å². The molecule has 0 aliphatic carbocycles. The number of benzene rings is 2. The average molecular weight is 392 g/mol. The minimum atomic E-state index is -0.729. The fourth-order valence-corrected chi connectivity index (χ4v) is 3.14. The van der Waals surface area contributed by atoms with Crippen LogP contribution < -0.4 is 10.1 Å². The molecule has 0 unspecified atom stereocenters. The number of carbonyl (C=O) groups excluding carboxylic acids is 1. The minimum Gasteiger partial charge on any atom is -0.489 e. The smallest absolute Gasteiger partial charge is 0.270 e. The summed E-state index contributed by atoms with van der Waals surface area (Å²) < 4.78 is 46.3. The summed E-state index contributed by atoms with van der Waals surface area (Å²) in [6.07, 6.45) is 0. The van der Waals surface area contributed by atoms with Crippen LogP contribution >= 0.6 is 11.3 Å². The molecule has 1 amide bonds. The molecule has 8 heteroatoms. The van der Waals surface area contributed by atoms with E-state index in [0.717, 1.165) is 29.5 Å². The second kappa shape index (κ2) is 8.22. The standard InChI is InChI=1S/C19H15F3N2O2S/c1-2-23-18(25)17-10-27-19(24-17)14-6-5-13(8-16(14)22)26-9-11-3-4-12(20)7-15(11)21/h3-8,10H,2,9H2,1H3,(H,23,25). The lowest BCUT2D eigenvalue weighted by molar-refractivity contribution is 0.0951. The van der Waals surface area contributed by atoms with E-state index in [1.807, 2.05) is 0 Å². The molecule has 0 radical (unpaired) electrons. The molecule has 0 bridgehead atoms. The molecule has 0 aliphatic rings. The lowest BCUT2D eigenvalue weighted by Gasteiger charge is -2.08. The lowest BCUT2D eigenvalue weighted by Crippen LogP contribution is -2.22. The van der Waals surface area contributed by atoms with Crippen LogP contribution in [0.15, 0.2) is 41.8 Å². The molecule has 4 nitrogen and oxygen atoms in total. The molecular formula is C19H15F3N2O2S. The molecule has 3 rings (SSSR count). The first-order chi connectivity index (χ1) is 13.0. The van der Waals surface area contributed by atoms with Gasteiger partial charge < -0.3 is 10.1 Å². The summed E-state index contributed by atoms with van der Waals surface area (Å²) in [6.45, 7) is 2.10. The van der Waals surface area contributed by atoms with Crippen molar-refractivity contribution in [2.75, 3.05) is 6.54 Å². The van der Waals surface area contributed by atoms with Gasteiger partial charge in [0, 0.05) is 35.2 Å². The first-order valence-corrected chi connectivity index (χ1v) is 8.96. The highest BCUT2D eigenvalue weighted by Crippen LogP contribution is 2.29. The van der Waals surface area contributed by atoms with E-state index >= 15 is 0 Å². The zero-order valence-electron chi connectivity index (χ0n) is 14.3. The summed E-state index contributed by atoms with van der Waals surface area (Å²) in [4.78, 5) is 15.9. The van der Waals surface area contributed by atoms with Crippen LogP contribution in [-0.2, 0) is 6.61 Å². The topological polar surface area (TPSA) is 51.2 Å². The van der Waals surface area contributed by atoms with Crippen molar-refractivity contribution in [3.8, 4) is 16.3 Å². The second-order valence-corrected chi connectivity index (χ2v) is 6.42. The van der Waals surface area contributed by atoms with Gasteiger partial charge in [0.1, 0.15) is 40.5 Å². The summed E-state index contributed by atoms with van der Waals surface area (Å²) in [5.74, 6) is -2.11. The van der Waals surface area contributed by atoms with E-state index in [4.69, 9.17) is 4.74 Å². The van der Waals surface area contributed by atoms with Gasteiger partial charge in [0.2, 0.25) is 0 Å². The summed E-state index contributed by atoms with van der Waals surface area (Å²) >= 11 is 1.15. The van der Waals surface area contributed by atoms with Crippen molar-refractivity contribution < 1.29 is 22.7 Å². The van der Waals surface area contributed by atoms with E-state index in [9.17, 15) is 18.0 Å².